The molecule has 0 saturated carbocycles. The third-order valence-electron chi connectivity index (χ3n) is 3.61. The molecule has 0 N–H and O–H groups in total. The number of non-ortho nitro benzene ring substituents is 1. The molecule has 0 bridgehead atoms. The van der Waals surface area contributed by atoms with Gasteiger partial charge in [-0.1, -0.05) is 12.1 Å². The Balaban J connectivity index is 2.39. The fourth-order valence-electron chi connectivity index (χ4n) is 2.56. The summed E-state index contributed by atoms with van der Waals surface area (Å²) >= 11 is 0. The summed E-state index contributed by atoms with van der Waals surface area (Å²) in [7, 11) is 3.05. The van der Waals surface area contributed by atoms with Crippen LogP contribution in [0.1, 0.15) is 10.4 Å². The van der Waals surface area contributed by atoms with Crippen LogP contribution in [0.2, 0.25) is 0 Å². The number of carbonyl (C=O) groups is 1. The lowest BCUT2D eigenvalue weighted by Gasteiger charge is -2.08. The largest absolute Gasteiger partial charge is 0.465 e. The molecule has 7 nitrogen and oxygen atoms in total. The minimum Gasteiger partial charge on any atom is -0.465 e. The molecule has 0 spiro atoms. The maximum atomic E-state index is 11.9. The van der Waals surface area contributed by atoms with E-state index in [9.17, 15) is 14.9 Å². The molecule has 23 heavy (non-hydrogen) atoms. The Morgan fingerprint density at radius 3 is 2.70 bits per heavy atom. The quantitative estimate of drug-likeness (QED) is 0.421. The fraction of sp³-hybridized carbons (Fsp3) is 0.125. The average Bonchev–Trinajstić information content (AvgIpc) is 2.98. The molecule has 2 aromatic carbocycles. The lowest BCUT2D eigenvalue weighted by atomic mass is 9.96. The van der Waals surface area contributed by atoms with E-state index in [0.717, 1.165) is 5.56 Å². The number of aryl methyl sites for hydroxylation is 1. The molecular formula is C16H13N3O4. The molecule has 0 atom stereocenters. The Morgan fingerprint density at radius 2 is 2.09 bits per heavy atom. The number of aromatic nitrogens is 2. The molecule has 0 unspecified atom stereocenters. The molecule has 3 aromatic rings. The Hall–Kier alpha value is -3.22. The highest BCUT2D eigenvalue weighted by Gasteiger charge is 2.18. The van der Waals surface area contributed by atoms with Crippen LogP contribution in [0, 0.1) is 10.1 Å². The third-order valence-corrected chi connectivity index (χ3v) is 3.61. The molecule has 0 radical (unpaired) electrons. The monoisotopic (exact) mass is 311 g/mol. The normalized spacial score (nSPS) is 10.7. The van der Waals surface area contributed by atoms with Crippen LogP contribution in [0.4, 0.5) is 5.69 Å². The van der Waals surface area contributed by atoms with E-state index in [2.05, 4.69) is 5.10 Å². The van der Waals surface area contributed by atoms with Gasteiger partial charge < -0.3 is 4.74 Å². The van der Waals surface area contributed by atoms with Crippen molar-refractivity contribution < 1.29 is 14.5 Å². The zero-order chi connectivity index (χ0) is 16.6. The van der Waals surface area contributed by atoms with Crippen LogP contribution in [0.5, 0.6) is 0 Å². The summed E-state index contributed by atoms with van der Waals surface area (Å²) in [4.78, 5) is 22.7. The van der Waals surface area contributed by atoms with E-state index < -0.39 is 10.9 Å². The molecule has 116 valence electrons. The van der Waals surface area contributed by atoms with E-state index in [0.29, 0.717) is 16.3 Å². The minimum atomic E-state index is -0.546. The van der Waals surface area contributed by atoms with Gasteiger partial charge in [0.05, 0.1) is 29.2 Å². The number of hydrogen-bond acceptors (Lipinski definition) is 5. The predicted molar refractivity (Wildman–Crippen MR) is 84.1 cm³/mol. The van der Waals surface area contributed by atoms with Gasteiger partial charge in [-0.25, -0.2) is 4.79 Å². The van der Waals surface area contributed by atoms with Crippen LogP contribution in [-0.2, 0) is 11.8 Å². The summed E-state index contributed by atoms with van der Waals surface area (Å²) in [5.74, 6) is -0.546. The predicted octanol–water partition coefficient (Wildman–Crippen LogP) is 2.94. The van der Waals surface area contributed by atoms with Gasteiger partial charge in [-0.15, -0.1) is 0 Å². The molecule has 7 heteroatoms. The molecule has 0 amide bonds. The number of nitro benzene ring substituents is 1. The van der Waals surface area contributed by atoms with Gasteiger partial charge >= 0.3 is 5.97 Å². The molecule has 1 heterocycles. The van der Waals surface area contributed by atoms with Gasteiger partial charge in [-0.3, -0.25) is 14.8 Å². The van der Waals surface area contributed by atoms with Crippen molar-refractivity contribution in [2.24, 2.45) is 7.05 Å². The highest BCUT2D eigenvalue weighted by atomic mass is 16.6. The summed E-state index contributed by atoms with van der Waals surface area (Å²) < 4.78 is 6.38. The Labute approximate surface area is 131 Å². The zero-order valence-corrected chi connectivity index (χ0v) is 12.5. The van der Waals surface area contributed by atoms with E-state index in [4.69, 9.17) is 4.74 Å². The first-order valence-electron chi connectivity index (χ1n) is 6.79. The Kier molecular flexibility index (Phi) is 3.53. The van der Waals surface area contributed by atoms with Gasteiger partial charge in [-0.05, 0) is 23.1 Å². The topological polar surface area (TPSA) is 87.3 Å². The number of methoxy groups -OCH3 is 1. The molecule has 0 aliphatic carbocycles. The molecule has 0 saturated heterocycles. The van der Waals surface area contributed by atoms with E-state index in [1.54, 1.807) is 42.3 Å². The first kappa shape index (κ1) is 14.7. The number of ether oxygens (including phenoxy) is 1. The third kappa shape index (κ3) is 2.52. The van der Waals surface area contributed by atoms with Crippen molar-refractivity contribution in [3.05, 3.63) is 58.4 Å². The van der Waals surface area contributed by atoms with Crippen molar-refractivity contribution >= 4 is 22.4 Å². The highest BCUT2D eigenvalue weighted by molar-refractivity contribution is 6.06. The number of hydrogen-bond donors (Lipinski definition) is 0. The smallest absolute Gasteiger partial charge is 0.337 e. The van der Waals surface area contributed by atoms with Gasteiger partial charge in [0, 0.05) is 24.9 Å². The Bertz CT molecular complexity index is 930. The van der Waals surface area contributed by atoms with E-state index in [1.165, 1.54) is 19.2 Å². The van der Waals surface area contributed by atoms with Gasteiger partial charge in [0.15, 0.2) is 0 Å². The summed E-state index contributed by atoms with van der Waals surface area (Å²) in [5, 5.41) is 16.5. The summed E-state index contributed by atoms with van der Waals surface area (Å²) in [5.41, 5.74) is 1.66. The first-order chi connectivity index (χ1) is 11.0. The number of nitro groups is 1. The number of nitrogens with zero attached hydrogens (tertiary/aromatic N) is 3. The van der Waals surface area contributed by atoms with Gasteiger partial charge in [0.1, 0.15) is 0 Å². The standard InChI is InChI=1S/C16H13N3O4/c1-18-9-11(8-17-18)13-6-10(16(20)23-2)7-14-12(13)4-3-5-15(14)19(21)22/h3-9H,1-2H3. The summed E-state index contributed by atoms with van der Waals surface area (Å²) in [6, 6.07) is 7.97. The second kappa shape index (κ2) is 5.53. The van der Waals surface area contributed by atoms with Crippen molar-refractivity contribution in [1.29, 1.82) is 0 Å². The number of esters is 1. The lowest BCUT2D eigenvalue weighted by Crippen LogP contribution is -2.02. The van der Waals surface area contributed by atoms with Gasteiger partial charge in [-0.2, -0.15) is 5.10 Å². The Morgan fingerprint density at radius 1 is 1.30 bits per heavy atom. The molecule has 1 aromatic heterocycles. The first-order valence-corrected chi connectivity index (χ1v) is 6.79. The second-order valence-corrected chi connectivity index (χ2v) is 5.05. The number of fused-ring (bicyclic) bond motifs is 1. The summed E-state index contributed by atoms with van der Waals surface area (Å²) in [6.45, 7) is 0. The van der Waals surface area contributed by atoms with Crippen LogP contribution in [0.15, 0.2) is 42.7 Å². The number of carbonyl (C=O) groups excluding carboxylic acids is 1. The van der Waals surface area contributed by atoms with E-state index in [-0.39, 0.29) is 11.3 Å². The van der Waals surface area contributed by atoms with Crippen molar-refractivity contribution in [1.82, 2.24) is 9.78 Å². The molecule has 3 rings (SSSR count). The lowest BCUT2D eigenvalue weighted by molar-refractivity contribution is -0.383. The van der Waals surface area contributed by atoms with E-state index >= 15 is 0 Å². The molecule has 0 fully saturated rings. The fourth-order valence-corrected chi connectivity index (χ4v) is 2.56. The second-order valence-electron chi connectivity index (χ2n) is 5.05. The number of rotatable bonds is 3. The van der Waals surface area contributed by atoms with Crippen molar-refractivity contribution in [2.45, 2.75) is 0 Å². The van der Waals surface area contributed by atoms with E-state index in [1.807, 2.05) is 0 Å². The maximum Gasteiger partial charge on any atom is 0.337 e. The van der Waals surface area contributed by atoms with Crippen molar-refractivity contribution in [3.8, 4) is 11.1 Å². The average molecular weight is 311 g/mol. The van der Waals surface area contributed by atoms with Crippen LogP contribution < -0.4 is 0 Å². The summed E-state index contributed by atoms with van der Waals surface area (Å²) in [6.07, 6.45) is 3.43. The molecule has 0 aliphatic heterocycles. The van der Waals surface area contributed by atoms with Gasteiger partial charge in [0.2, 0.25) is 0 Å². The zero-order valence-electron chi connectivity index (χ0n) is 12.5. The highest BCUT2D eigenvalue weighted by Crippen LogP contribution is 2.34. The van der Waals surface area contributed by atoms with Crippen molar-refractivity contribution in [2.75, 3.05) is 7.11 Å². The van der Waals surface area contributed by atoms with Crippen molar-refractivity contribution in [3.63, 3.8) is 0 Å². The van der Waals surface area contributed by atoms with Crippen LogP contribution in [0.25, 0.3) is 21.9 Å². The number of benzene rings is 2. The van der Waals surface area contributed by atoms with Crippen LogP contribution in [-0.4, -0.2) is 27.8 Å². The SMILES string of the molecule is COC(=O)c1cc(-c2cnn(C)c2)c2cccc([N+](=O)[O-])c2c1. The maximum absolute atomic E-state index is 11.9. The van der Waals surface area contributed by atoms with Gasteiger partial charge in [0.25, 0.3) is 5.69 Å². The molecule has 0 aliphatic rings. The molecular weight excluding hydrogens is 298 g/mol. The minimum absolute atomic E-state index is 0.0570. The van der Waals surface area contributed by atoms with Crippen LogP contribution >= 0.6 is 0 Å². The van der Waals surface area contributed by atoms with Crippen LogP contribution in [0.3, 0.4) is 0 Å².